The van der Waals surface area contributed by atoms with Crippen LogP contribution in [0.5, 0.6) is 5.75 Å². The van der Waals surface area contributed by atoms with Crippen molar-refractivity contribution in [2.24, 2.45) is 0 Å². The highest BCUT2D eigenvalue weighted by Crippen LogP contribution is 2.25. The molecule has 0 amide bonds. The Morgan fingerprint density at radius 1 is 1.33 bits per heavy atom. The SMILES string of the molecule is CCNC(Cc1cncc(Br)c1)c1ccc(F)c(OC)c1. The summed E-state index contributed by atoms with van der Waals surface area (Å²) in [6.45, 7) is 2.87. The normalized spacial score (nSPS) is 12.2. The van der Waals surface area contributed by atoms with E-state index in [1.54, 1.807) is 18.3 Å². The van der Waals surface area contributed by atoms with Crippen LogP contribution < -0.4 is 10.1 Å². The Labute approximate surface area is 132 Å². The highest BCUT2D eigenvalue weighted by Gasteiger charge is 2.14. The summed E-state index contributed by atoms with van der Waals surface area (Å²) in [6.07, 6.45) is 4.37. The van der Waals surface area contributed by atoms with E-state index in [-0.39, 0.29) is 17.6 Å². The van der Waals surface area contributed by atoms with Crippen LogP contribution in [0.3, 0.4) is 0 Å². The Kier molecular flexibility index (Phi) is 5.70. The van der Waals surface area contributed by atoms with Crippen molar-refractivity contribution in [3.63, 3.8) is 0 Å². The first-order valence-electron chi connectivity index (χ1n) is 6.80. The smallest absolute Gasteiger partial charge is 0.165 e. The maximum Gasteiger partial charge on any atom is 0.165 e. The van der Waals surface area contributed by atoms with Gasteiger partial charge in [0, 0.05) is 22.9 Å². The summed E-state index contributed by atoms with van der Waals surface area (Å²) in [5, 5.41) is 3.42. The summed E-state index contributed by atoms with van der Waals surface area (Å²) in [4.78, 5) is 4.18. The molecule has 0 aliphatic rings. The minimum absolute atomic E-state index is 0.0839. The number of hydrogen-bond donors (Lipinski definition) is 1. The summed E-state index contributed by atoms with van der Waals surface area (Å²) in [6, 6.07) is 7.10. The standard InChI is InChI=1S/C16H18BrFN2O/c1-3-20-15(7-11-6-13(17)10-19-9-11)12-4-5-14(18)16(8-12)21-2/h4-6,8-10,15,20H,3,7H2,1-2H3. The van der Waals surface area contributed by atoms with Gasteiger partial charge in [-0.25, -0.2) is 4.39 Å². The van der Waals surface area contributed by atoms with Crippen LogP contribution in [-0.4, -0.2) is 18.6 Å². The molecule has 0 aliphatic carbocycles. The van der Waals surface area contributed by atoms with E-state index in [1.165, 1.54) is 13.2 Å². The number of methoxy groups -OCH3 is 1. The third kappa shape index (κ3) is 4.25. The molecule has 0 saturated carbocycles. The quantitative estimate of drug-likeness (QED) is 0.856. The van der Waals surface area contributed by atoms with Gasteiger partial charge in [0.25, 0.3) is 0 Å². The van der Waals surface area contributed by atoms with Crippen LogP contribution in [0, 0.1) is 5.82 Å². The van der Waals surface area contributed by atoms with Gasteiger partial charge in [0.15, 0.2) is 11.6 Å². The maximum atomic E-state index is 13.5. The highest BCUT2D eigenvalue weighted by atomic mass is 79.9. The van der Waals surface area contributed by atoms with Gasteiger partial charge in [-0.05, 0) is 58.2 Å². The van der Waals surface area contributed by atoms with Crippen LogP contribution >= 0.6 is 15.9 Å². The summed E-state index contributed by atoms with van der Waals surface area (Å²) in [7, 11) is 1.47. The number of aromatic nitrogens is 1. The molecular formula is C16H18BrFN2O. The van der Waals surface area contributed by atoms with E-state index in [0.29, 0.717) is 0 Å². The van der Waals surface area contributed by atoms with Crippen LogP contribution in [0.4, 0.5) is 4.39 Å². The van der Waals surface area contributed by atoms with Crippen molar-refractivity contribution in [1.29, 1.82) is 0 Å². The van der Waals surface area contributed by atoms with E-state index >= 15 is 0 Å². The third-order valence-electron chi connectivity index (χ3n) is 3.23. The minimum atomic E-state index is -0.347. The van der Waals surface area contributed by atoms with E-state index in [9.17, 15) is 4.39 Å². The van der Waals surface area contributed by atoms with Crippen LogP contribution in [0.15, 0.2) is 41.1 Å². The zero-order valence-corrected chi connectivity index (χ0v) is 13.7. The number of rotatable bonds is 6. The van der Waals surface area contributed by atoms with Crippen molar-refractivity contribution >= 4 is 15.9 Å². The summed E-state index contributed by atoms with van der Waals surface area (Å²) >= 11 is 3.43. The first-order valence-corrected chi connectivity index (χ1v) is 7.59. The fraction of sp³-hybridized carbons (Fsp3) is 0.312. The fourth-order valence-electron chi connectivity index (χ4n) is 2.25. The molecule has 112 valence electrons. The van der Waals surface area contributed by atoms with E-state index in [0.717, 1.165) is 28.6 Å². The average Bonchev–Trinajstić information content (AvgIpc) is 2.47. The molecule has 0 bridgehead atoms. The first kappa shape index (κ1) is 15.9. The Morgan fingerprint density at radius 2 is 2.14 bits per heavy atom. The molecule has 1 aromatic carbocycles. The van der Waals surface area contributed by atoms with Gasteiger partial charge in [-0.3, -0.25) is 4.98 Å². The Morgan fingerprint density at radius 3 is 2.81 bits per heavy atom. The molecule has 1 atom stereocenters. The molecule has 1 N–H and O–H groups in total. The molecule has 2 rings (SSSR count). The number of halogens is 2. The Balaban J connectivity index is 2.26. The van der Waals surface area contributed by atoms with Gasteiger partial charge in [-0.2, -0.15) is 0 Å². The predicted octanol–water partition coefficient (Wildman–Crippen LogP) is 3.89. The lowest BCUT2D eigenvalue weighted by atomic mass is 9.99. The van der Waals surface area contributed by atoms with Crippen LogP contribution in [0.25, 0.3) is 0 Å². The molecule has 5 heteroatoms. The fourth-order valence-corrected chi connectivity index (χ4v) is 2.66. The van der Waals surface area contributed by atoms with Gasteiger partial charge in [0.2, 0.25) is 0 Å². The van der Waals surface area contributed by atoms with E-state index in [1.807, 2.05) is 19.2 Å². The Hall–Kier alpha value is -1.46. The molecule has 2 aromatic rings. The molecule has 0 aliphatic heterocycles. The number of pyridine rings is 1. The molecule has 0 spiro atoms. The summed E-state index contributed by atoms with van der Waals surface area (Å²) in [5.41, 5.74) is 2.11. The molecule has 0 saturated heterocycles. The number of likely N-dealkylation sites (N-methyl/N-ethyl adjacent to an activating group) is 1. The second kappa shape index (κ2) is 7.52. The lowest BCUT2D eigenvalue weighted by Gasteiger charge is -2.19. The zero-order valence-electron chi connectivity index (χ0n) is 12.1. The number of ether oxygens (including phenoxy) is 1. The molecule has 0 radical (unpaired) electrons. The van der Waals surface area contributed by atoms with Crippen molar-refractivity contribution in [3.05, 3.63) is 58.1 Å². The van der Waals surface area contributed by atoms with E-state index in [4.69, 9.17) is 4.74 Å². The molecular weight excluding hydrogens is 335 g/mol. The minimum Gasteiger partial charge on any atom is -0.494 e. The summed E-state index contributed by atoms with van der Waals surface area (Å²) in [5.74, 6) is -0.0802. The molecule has 1 aromatic heterocycles. The maximum absolute atomic E-state index is 13.5. The molecule has 1 unspecified atom stereocenters. The van der Waals surface area contributed by atoms with Crippen LogP contribution in [-0.2, 0) is 6.42 Å². The monoisotopic (exact) mass is 352 g/mol. The number of nitrogens with one attached hydrogen (secondary N) is 1. The molecule has 0 fully saturated rings. The largest absolute Gasteiger partial charge is 0.494 e. The zero-order chi connectivity index (χ0) is 15.2. The van der Waals surface area contributed by atoms with Crippen LogP contribution in [0.1, 0.15) is 24.1 Å². The predicted molar refractivity (Wildman–Crippen MR) is 85.0 cm³/mol. The third-order valence-corrected chi connectivity index (χ3v) is 3.66. The highest BCUT2D eigenvalue weighted by molar-refractivity contribution is 9.10. The first-order chi connectivity index (χ1) is 10.1. The van der Waals surface area contributed by atoms with Gasteiger partial charge in [0.1, 0.15) is 0 Å². The van der Waals surface area contributed by atoms with Gasteiger partial charge < -0.3 is 10.1 Å². The number of nitrogens with zero attached hydrogens (tertiary/aromatic N) is 1. The topological polar surface area (TPSA) is 34.2 Å². The lowest BCUT2D eigenvalue weighted by molar-refractivity contribution is 0.384. The van der Waals surface area contributed by atoms with Gasteiger partial charge in [-0.15, -0.1) is 0 Å². The average molecular weight is 353 g/mol. The Bertz CT molecular complexity index is 607. The lowest BCUT2D eigenvalue weighted by Crippen LogP contribution is -2.23. The van der Waals surface area contributed by atoms with Crippen molar-refractivity contribution < 1.29 is 9.13 Å². The van der Waals surface area contributed by atoms with Crippen LogP contribution in [0.2, 0.25) is 0 Å². The number of benzene rings is 1. The van der Waals surface area contributed by atoms with Crippen molar-refractivity contribution in [2.75, 3.05) is 13.7 Å². The van der Waals surface area contributed by atoms with Crippen molar-refractivity contribution in [2.45, 2.75) is 19.4 Å². The van der Waals surface area contributed by atoms with Gasteiger partial charge >= 0.3 is 0 Å². The van der Waals surface area contributed by atoms with Crippen molar-refractivity contribution in [3.8, 4) is 5.75 Å². The van der Waals surface area contributed by atoms with E-state index in [2.05, 4.69) is 26.2 Å². The second-order valence-electron chi connectivity index (χ2n) is 4.72. The summed E-state index contributed by atoms with van der Waals surface area (Å²) < 4.78 is 19.5. The van der Waals surface area contributed by atoms with E-state index < -0.39 is 0 Å². The molecule has 3 nitrogen and oxygen atoms in total. The number of hydrogen-bond acceptors (Lipinski definition) is 3. The van der Waals surface area contributed by atoms with Gasteiger partial charge in [0.05, 0.1) is 7.11 Å². The van der Waals surface area contributed by atoms with Crippen molar-refractivity contribution in [1.82, 2.24) is 10.3 Å². The second-order valence-corrected chi connectivity index (χ2v) is 5.64. The molecule has 1 heterocycles. The van der Waals surface area contributed by atoms with Gasteiger partial charge in [-0.1, -0.05) is 13.0 Å². The molecule has 21 heavy (non-hydrogen) atoms.